The second-order valence-corrected chi connectivity index (χ2v) is 1.67. The third-order valence-corrected chi connectivity index (χ3v) is 0.512. The van der Waals surface area contributed by atoms with Crippen LogP contribution in [0.5, 0.6) is 0 Å². The summed E-state index contributed by atoms with van der Waals surface area (Å²) in [6.45, 7) is 2.40. The molecule has 0 aliphatic rings. The molecule has 0 aromatic rings. The molecule has 0 saturated heterocycles. The fourth-order valence-electron chi connectivity index (χ4n) is 0.158. The van der Waals surface area contributed by atoms with Gasteiger partial charge in [-0.1, -0.05) is 13.3 Å². The average molecular weight is 214 g/mol. The van der Waals surface area contributed by atoms with Gasteiger partial charge in [-0.3, -0.25) is 8.92 Å². The minimum atomic E-state index is -2.00. The van der Waals surface area contributed by atoms with E-state index in [4.69, 9.17) is 20.7 Å². The Morgan fingerprint density at radius 2 is 1.64 bits per heavy atom. The van der Waals surface area contributed by atoms with Gasteiger partial charge in [0.05, 0.1) is 0 Å². The molecule has 0 aliphatic heterocycles. The molecule has 0 aliphatic carbocycles. The van der Waals surface area contributed by atoms with E-state index in [0.717, 1.165) is 12.8 Å². The van der Waals surface area contributed by atoms with Gasteiger partial charge in [0, 0.05) is 6.61 Å². The standard InChI is InChI=1S/C4H10O.O2Si.2O.Ti/c1-2-3-4-5;1-3-2;;;/h5H,2-4H2,1H3;;;;. The molecule has 0 saturated carbocycles. The van der Waals surface area contributed by atoms with Gasteiger partial charge in [0.2, 0.25) is 0 Å². The maximum atomic E-state index is 8.50. The number of hydrogen-bond acceptors (Lipinski definition) is 5. The first-order valence-electron chi connectivity index (χ1n) is 2.84. The first-order chi connectivity index (χ1) is 5.24. The number of rotatable bonds is 2. The number of unbranched alkanes of at least 4 members (excludes halogenated alkanes) is 1. The van der Waals surface area contributed by atoms with Crippen LogP contribution in [0, 0.1) is 0 Å². The fraction of sp³-hybridized carbons (Fsp3) is 1.00. The normalized spacial score (nSPS) is 5.27. The van der Waals surface area contributed by atoms with E-state index >= 15 is 0 Å². The maximum absolute atomic E-state index is 8.50. The van der Waals surface area contributed by atoms with E-state index in [1.54, 1.807) is 0 Å². The Bertz CT molecular complexity index is 102. The molecule has 0 heterocycles. The fourth-order valence-corrected chi connectivity index (χ4v) is 0.158. The van der Waals surface area contributed by atoms with Crippen molar-refractivity contribution in [3.63, 3.8) is 0 Å². The Morgan fingerprint density at radius 1 is 1.36 bits per heavy atom. The molecule has 64 valence electrons. The SMILES string of the molecule is CCCCO.O=[Si]=O.[O]=[Ti]=[O]. The summed E-state index contributed by atoms with van der Waals surface area (Å²) >= 11 is -2.00. The van der Waals surface area contributed by atoms with Crippen molar-refractivity contribution in [2.75, 3.05) is 6.61 Å². The van der Waals surface area contributed by atoms with Crippen molar-refractivity contribution in [3.8, 4) is 0 Å². The predicted octanol–water partition coefficient (Wildman–Crippen LogP) is -0.0797. The van der Waals surface area contributed by atoms with Crippen LogP contribution in [0.15, 0.2) is 0 Å². The number of aliphatic hydroxyl groups excluding tert-OH is 1. The van der Waals surface area contributed by atoms with Crippen molar-refractivity contribution >= 4 is 9.29 Å². The van der Waals surface area contributed by atoms with E-state index in [-0.39, 0.29) is 0 Å². The molecule has 0 amide bonds. The van der Waals surface area contributed by atoms with Gasteiger partial charge >= 0.3 is 35.0 Å². The van der Waals surface area contributed by atoms with E-state index in [1.807, 2.05) is 0 Å². The van der Waals surface area contributed by atoms with Gasteiger partial charge in [0.1, 0.15) is 0 Å². The first kappa shape index (κ1) is 17.3. The van der Waals surface area contributed by atoms with Crippen molar-refractivity contribution in [1.82, 2.24) is 0 Å². The summed E-state index contributed by atoms with van der Waals surface area (Å²) in [5.41, 5.74) is 0. The summed E-state index contributed by atoms with van der Waals surface area (Å²) in [5.74, 6) is 0. The van der Waals surface area contributed by atoms with Gasteiger partial charge in [-0.25, -0.2) is 0 Å². The van der Waals surface area contributed by atoms with Gasteiger partial charge < -0.3 is 5.11 Å². The van der Waals surface area contributed by atoms with Crippen LogP contribution in [0.1, 0.15) is 19.8 Å². The third-order valence-electron chi connectivity index (χ3n) is 0.512. The molecule has 0 atom stereocenters. The zero-order valence-electron chi connectivity index (χ0n) is 6.20. The van der Waals surface area contributed by atoms with Crippen molar-refractivity contribution in [2.45, 2.75) is 19.8 Å². The Kier molecular flexibility index (Phi) is 50.5. The molecule has 11 heavy (non-hydrogen) atoms. The zero-order valence-corrected chi connectivity index (χ0v) is 8.76. The Balaban J connectivity index is -0.0000000933. The topological polar surface area (TPSA) is 88.5 Å². The third kappa shape index (κ3) is 151. The summed E-state index contributed by atoms with van der Waals surface area (Å²) in [6, 6.07) is 0. The van der Waals surface area contributed by atoms with Crippen LogP contribution in [0.4, 0.5) is 0 Å². The number of aliphatic hydroxyl groups is 1. The number of hydrogen-bond donors (Lipinski definition) is 1. The molecule has 0 bridgehead atoms. The van der Waals surface area contributed by atoms with Gasteiger partial charge in [-0.15, -0.1) is 0 Å². The van der Waals surface area contributed by atoms with Crippen molar-refractivity contribution in [1.29, 1.82) is 0 Å². The Morgan fingerprint density at radius 3 is 1.64 bits per heavy atom. The summed E-state index contributed by atoms with van der Waals surface area (Å²) in [4.78, 5) is 0. The average Bonchev–Trinajstić information content (AvgIpc) is 1.92. The first-order valence-corrected chi connectivity index (χ1v) is 4.93. The van der Waals surface area contributed by atoms with Crippen LogP contribution in [-0.4, -0.2) is 21.0 Å². The zero-order chi connectivity index (χ0) is 9.54. The molecule has 0 aromatic heterocycles. The van der Waals surface area contributed by atoms with Gasteiger partial charge in [0.15, 0.2) is 0 Å². The summed E-state index contributed by atoms with van der Waals surface area (Å²) < 4.78 is 33.8. The van der Waals surface area contributed by atoms with E-state index in [2.05, 4.69) is 6.92 Å². The second-order valence-electron chi connectivity index (χ2n) is 1.24. The quantitative estimate of drug-likeness (QED) is 0.649. The van der Waals surface area contributed by atoms with E-state index in [1.165, 1.54) is 0 Å². The molecular weight excluding hydrogens is 204 g/mol. The minimum absolute atomic E-state index is 0.344. The van der Waals surface area contributed by atoms with Crippen molar-refractivity contribution in [3.05, 3.63) is 0 Å². The Labute approximate surface area is 75.7 Å². The molecule has 0 spiro atoms. The summed E-state index contributed by atoms with van der Waals surface area (Å²) in [7, 11) is -1.42. The van der Waals surface area contributed by atoms with E-state index in [0.29, 0.717) is 6.61 Å². The van der Waals surface area contributed by atoms with Gasteiger partial charge in [0.25, 0.3) is 0 Å². The molecule has 0 aromatic carbocycles. The predicted molar refractivity (Wildman–Crippen MR) is 30.5 cm³/mol. The van der Waals surface area contributed by atoms with Gasteiger partial charge in [-0.05, 0) is 6.42 Å². The van der Waals surface area contributed by atoms with Crippen LogP contribution in [0.25, 0.3) is 0 Å². The summed E-state index contributed by atoms with van der Waals surface area (Å²) in [6.07, 6.45) is 2.04. The van der Waals surface area contributed by atoms with E-state index < -0.39 is 28.4 Å². The molecule has 0 fully saturated rings. The molecule has 0 radical (unpaired) electrons. The molecule has 5 nitrogen and oxygen atoms in total. The molecular formula is C4H10O5SiTi. The van der Waals surface area contributed by atoms with Crippen LogP contribution in [0.2, 0.25) is 0 Å². The van der Waals surface area contributed by atoms with Crippen molar-refractivity contribution in [2.24, 2.45) is 0 Å². The van der Waals surface area contributed by atoms with E-state index in [9.17, 15) is 0 Å². The molecule has 1 N–H and O–H groups in total. The van der Waals surface area contributed by atoms with Crippen LogP contribution in [0.3, 0.4) is 0 Å². The molecule has 0 rings (SSSR count). The van der Waals surface area contributed by atoms with Crippen LogP contribution < -0.4 is 0 Å². The second kappa shape index (κ2) is 32.2. The monoisotopic (exact) mass is 214 g/mol. The van der Waals surface area contributed by atoms with Crippen molar-refractivity contribution < 1.29 is 39.8 Å². The van der Waals surface area contributed by atoms with Crippen LogP contribution >= 0.6 is 0 Å². The summed E-state index contributed by atoms with van der Waals surface area (Å²) in [5, 5.41) is 8.07. The van der Waals surface area contributed by atoms with Crippen LogP contribution in [-0.2, 0) is 34.7 Å². The molecule has 7 heteroatoms. The molecule has 0 unspecified atom stereocenters. The Hall–Kier alpha value is 0.0912. The van der Waals surface area contributed by atoms with Gasteiger partial charge in [-0.2, -0.15) is 0 Å².